The van der Waals surface area contributed by atoms with Crippen LogP contribution in [-0.2, 0) is 0 Å². The molecule has 21 heavy (non-hydrogen) atoms. The van der Waals surface area contributed by atoms with E-state index in [-0.39, 0.29) is 11.7 Å². The molecular formula is C14H13N5O2. The number of oxime groups is 2. The molecule has 7 heteroatoms. The van der Waals surface area contributed by atoms with Gasteiger partial charge in [-0.15, -0.1) is 0 Å². The summed E-state index contributed by atoms with van der Waals surface area (Å²) in [6.07, 6.45) is 0. The van der Waals surface area contributed by atoms with Crippen molar-refractivity contribution < 1.29 is 10.4 Å². The maximum atomic E-state index is 8.73. The first-order valence-corrected chi connectivity index (χ1v) is 6.15. The van der Waals surface area contributed by atoms with Crippen molar-refractivity contribution in [3.8, 4) is 0 Å². The zero-order valence-corrected chi connectivity index (χ0v) is 10.9. The number of nitrogens with one attached hydrogen (secondary N) is 1. The van der Waals surface area contributed by atoms with Gasteiger partial charge in [0.15, 0.2) is 11.7 Å². The summed E-state index contributed by atoms with van der Waals surface area (Å²) < 4.78 is 0. The molecule has 0 radical (unpaired) electrons. The van der Waals surface area contributed by atoms with Crippen LogP contribution in [0.5, 0.6) is 0 Å². The van der Waals surface area contributed by atoms with Crippen molar-refractivity contribution in [1.82, 2.24) is 4.98 Å². The maximum absolute atomic E-state index is 8.73. The fourth-order valence-electron chi connectivity index (χ4n) is 2.34. The van der Waals surface area contributed by atoms with Gasteiger partial charge in [0.25, 0.3) is 0 Å². The lowest BCUT2D eigenvalue weighted by Gasteiger charge is -1.99. The summed E-state index contributed by atoms with van der Waals surface area (Å²) in [4.78, 5) is 3.23. The van der Waals surface area contributed by atoms with Crippen LogP contribution >= 0.6 is 0 Å². The predicted molar refractivity (Wildman–Crippen MR) is 80.8 cm³/mol. The number of nitrogens with two attached hydrogens (primary N) is 2. The zero-order chi connectivity index (χ0) is 15.0. The number of amidine groups is 2. The fraction of sp³-hybridized carbons (Fsp3) is 0. The minimum atomic E-state index is 0.0490. The van der Waals surface area contributed by atoms with Crippen LogP contribution in [0.3, 0.4) is 0 Å². The van der Waals surface area contributed by atoms with Crippen LogP contribution < -0.4 is 11.5 Å². The topological polar surface area (TPSA) is 133 Å². The molecule has 7 N–H and O–H groups in total. The van der Waals surface area contributed by atoms with Crippen LogP contribution in [0.25, 0.3) is 21.8 Å². The molecule has 2 aromatic carbocycles. The molecule has 0 spiro atoms. The predicted octanol–water partition coefficient (Wildman–Crippen LogP) is 1.51. The lowest BCUT2D eigenvalue weighted by molar-refractivity contribution is 0.318. The second-order valence-electron chi connectivity index (χ2n) is 4.62. The van der Waals surface area contributed by atoms with Gasteiger partial charge < -0.3 is 26.9 Å². The summed E-state index contributed by atoms with van der Waals surface area (Å²) in [7, 11) is 0. The Bertz CT molecular complexity index is 823. The second-order valence-corrected chi connectivity index (χ2v) is 4.62. The minimum Gasteiger partial charge on any atom is -0.409 e. The van der Waals surface area contributed by atoms with E-state index in [1.165, 1.54) is 0 Å². The van der Waals surface area contributed by atoms with Gasteiger partial charge >= 0.3 is 0 Å². The summed E-state index contributed by atoms with van der Waals surface area (Å²) in [6, 6.07) is 10.9. The number of fused-ring (bicyclic) bond motifs is 3. The number of nitrogens with zero attached hydrogens (tertiary/aromatic N) is 2. The largest absolute Gasteiger partial charge is 0.409 e. The van der Waals surface area contributed by atoms with Crippen LogP contribution in [0, 0.1) is 0 Å². The molecule has 0 saturated carbocycles. The van der Waals surface area contributed by atoms with Gasteiger partial charge in [0.05, 0.1) is 0 Å². The Morgan fingerprint density at radius 3 is 1.62 bits per heavy atom. The minimum absolute atomic E-state index is 0.0490. The molecule has 7 nitrogen and oxygen atoms in total. The molecule has 1 aromatic heterocycles. The van der Waals surface area contributed by atoms with Crippen molar-refractivity contribution in [2.75, 3.05) is 0 Å². The van der Waals surface area contributed by atoms with Gasteiger partial charge in [0.1, 0.15) is 0 Å². The Hall–Kier alpha value is -3.22. The van der Waals surface area contributed by atoms with E-state index in [2.05, 4.69) is 15.3 Å². The number of rotatable bonds is 2. The molecule has 0 aliphatic carbocycles. The molecule has 0 unspecified atom stereocenters. The third kappa shape index (κ3) is 2.00. The van der Waals surface area contributed by atoms with Crippen molar-refractivity contribution in [1.29, 1.82) is 0 Å². The van der Waals surface area contributed by atoms with Gasteiger partial charge in [-0.05, 0) is 12.1 Å². The van der Waals surface area contributed by atoms with E-state index in [0.717, 1.165) is 21.8 Å². The average molecular weight is 283 g/mol. The molecule has 1 heterocycles. The molecule has 0 atom stereocenters. The Kier molecular flexibility index (Phi) is 2.87. The number of aromatic nitrogens is 1. The lowest BCUT2D eigenvalue weighted by Crippen LogP contribution is -2.12. The van der Waals surface area contributed by atoms with E-state index in [4.69, 9.17) is 21.9 Å². The molecule has 3 rings (SSSR count). The lowest BCUT2D eigenvalue weighted by atomic mass is 10.1. The summed E-state index contributed by atoms with van der Waals surface area (Å²) in [5.74, 6) is 0.0980. The van der Waals surface area contributed by atoms with Crippen molar-refractivity contribution in [3.63, 3.8) is 0 Å². The van der Waals surface area contributed by atoms with Crippen molar-refractivity contribution in [2.45, 2.75) is 0 Å². The highest BCUT2D eigenvalue weighted by atomic mass is 16.4. The highest BCUT2D eigenvalue weighted by Crippen LogP contribution is 2.26. The van der Waals surface area contributed by atoms with Crippen molar-refractivity contribution in [3.05, 3.63) is 47.5 Å². The molecule has 106 valence electrons. The fourth-order valence-corrected chi connectivity index (χ4v) is 2.34. The van der Waals surface area contributed by atoms with E-state index < -0.39 is 0 Å². The monoisotopic (exact) mass is 283 g/mol. The van der Waals surface area contributed by atoms with Crippen molar-refractivity contribution >= 4 is 33.5 Å². The van der Waals surface area contributed by atoms with E-state index in [1.54, 1.807) is 24.3 Å². The van der Waals surface area contributed by atoms with Gasteiger partial charge in [0.2, 0.25) is 0 Å². The summed E-state index contributed by atoms with van der Waals surface area (Å²) >= 11 is 0. The van der Waals surface area contributed by atoms with Crippen LogP contribution in [0.4, 0.5) is 0 Å². The average Bonchev–Trinajstić information content (AvgIpc) is 2.89. The number of hydrogen-bond acceptors (Lipinski definition) is 4. The summed E-state index contributed by atoms with van der Waals surface area (Å²) in [6.45, 7) is 0. The first-order chi connectivity index (χ1) is 10.1. The normalized spacial score (nSPS) is 13.1. The molecule has 0 aliphatic rings. The highest BCUT2D eigenvalue weighted by molar-refractivity contribution is 6.11. The Morgan fingerprint density at radius 1 is 0.810 bits per heavy atom. The van der Waals surface area contributed by atoms with Gasteiger partial charge in [0, 0.05) is 32.9 Å². The summed E-state index contributed by atoms with van der Waals surface area (Å²) in [5.41, 5.74) is 14.1. The first kappa shape index (κ1) is 12.8. The van der Waals surface area contributed by atoms with Gasteiger partial charge in [-0.1, -0.05) is 34.6 Å². The molecule has 0 amide bonds. The smallest absolute Gasteiger partial charge is 0.170 e. The quantitative estimate of drug-likeness (QED) is 0.211. The number of aromatic amines is 1. The first-order valence-electron chi connectivity index (χ1n) is 6.15. The van der Waals surface area contributed by atoms with Gasteiger partial charge in [-0.2, -0.15) is 0 Å². The van der Waals surface area contributed by atoms with Crippen LogP contribution in [0.2, 0.25) is 0 Å². The van der Waals surface area contributed by atoms with Crippen molar-refractivity contribution in [2.24, 2.45) is 21.8 Å². The molecule has 0 bridgehead atoms. The number of benzene rings is 2. The van der Waals surface area contributed by atoms with E-state index in [0.29, 0.717) is 11.1 Å². The number of hydrogen-bond donors (Lipinski definition) is 5. The van der Waals surface area contributed by atoms with Crippen LogP contribution in [-0.4, -0.2) is 27.1 Å². The Labute approximate surface area is 119 Å². The van der Waals surface area contributed by atoms with E-state index >= 15 is 0 Å². The van der Waals surface area contributed by atoms with E-state index in [1.807, 2.05) is 12.1 Å². The van der Waals surface area contributed by atoms with Crippen LogP contribution in [0.1, 0.15) is 11.1 Å². The van der Waals surface area contributed by atoms with Gasteiger partial charge in [-0.25, -0.2) is 0 Å². The standard InChI is InChI=1S/C14H13N5O2/c15-13(18-20)7-1-3-9-10-4-2-8(14(16)19-21)6-12(10)17-11(9)5-7/h1-6,17,20-21H,(H2,15,18)(H2,16,19). The van der Waals surface area contributed by atoms with Crippen LogP contribution in [0.15, 0.2) is 46.7 Å². The third-order valence-electron chi connectivity index (χ3n) is 3.41. The molecule has 0 saturated heterocycles. The zero-order valence-electron chi connectivity index (χ0n) is 10.9. The SMILES string of the molecule is N/C(=N/O)c1ccc2c(c1)[nH]c1cc(/C(N)=N\O)ccc12. The highest BCUT2D eigenvalue weighted by Gasteiger charge is 2.08. The Balaban J connectivity index is 2.24. The van der Waals surface area contributed by atoms with E-state index in [9.17, 15) is 0 Å². The molecule has 3 aromatic rings. The second kappa shape index (κ2) is 4.71. The van der Waals surface area contributed by atoms with Gasteiger partial charge in [-0.3, -0.25) is 0 Å². The number of H-pyrrole nitrogens is 1. The molecule has 0 aliphatic heterocycles. The Morgan fingerprint density at radius 2 is 1.24 bits per heavy atom. The third-order valence-corrected chi connectivity index (χ3v) is 3.41. The summed E-state index contributed by atoms with van der Waals surface area (Å²) in [5, 5.41) is 25.4. The molecule has 0 fully saturated rings. The molecular weight excluding hydrogens is 270 g/mol. The maximum Gasteiger partial charge on any atom is 0.170 e.